The van der Waals surface area contributed by atoms with Crippen molar-refractivity contribution in [2.75, 3.05) is 32.1 Å². The molecule has 10 heteroatoms. The third-order valence-corrected chi connectivity index (χ3v) is 7.80. The molecule has 0 aliphatic heterocycles. The van der Waals surface area contributed by atoms with Gasteiger partial charge in [0.15, 0.2) is 0 Å². The summed E-state index contributed by atoms with van der Waals surface area (Å²) in [4.78, 5) is 14.1. The lowest BCUT2D eigenvalue weighted by Gasteiger charge is -2.23. The minimum atomic E-state index is -3.46. The Labute approximate surface area is 191 Å². The number of phenols is 1. The molecule has 32 heavy (non-hydrogen) atoms. The molecule has 3 N–H and O–H groups in total. The molecule has 2 aromatic carbocycles. The van der Waals surface area contributed by atoms with Gasteiger partial charge in [0.25, 0.3) is 0 Å². The van der Waals surface area contributed by atoms with E-state index in [1.807, 2.05) is 37.3 Å². The Bertz CT molecular complexity index is 1160. The van der Waals surface area contributed by atoms with Crippen molar-refractivity contribution < 1.29 is 18.3 Å². The van der Waals surface area contributed by atoms with Gasteiger partial charge in [0.1, 0.15) is 11.3 Å². The number of aromatic nitrogens is 1. The lowest BCUT2D eigenvalue weighted by molar-refractivity contribution is 0.116. The van der Waals surface area contributed by atoms with Crippen molar-refractivity contribution >= 4 is 31.6 Å². The van der Waals surface area contributed by atoms with Crippen LogP contribution in [0.2, 0.25) is 0 Å². The maximum atomic E-state index is 12.6. The van der Waals surface area contributed by atoms with Gasteiger partial charge in [0.05, 0.1) is 30.2 Å². The molecule has 0 bridgehead atoms. The van der Waals surface area contributed by atoms with Crippen molar-refractivity contribution in [3.05, 3.63) is 63.3 Å². The van der Waals surface area contributed by atoms with E-state index in [-0.39, 0.29) is 29.5 Å². The fourth-order valence-electron chi connectivity index (χ4n) is 3.35. The Balaban J connectivity index is 1.55. The summed E-state index contributed by atoms with van der Waals surface area (Å²) in [7, 11) is -3.46. The van der Waals surface area contributed by atoms with E-state index in [1.165, 1.54) is 16.0 Å². The van der Waals surface area contributed by atoms with Crippen molar-refractivity contribution in [1.82, 2.24) is 14.8 Å². The Morgan fingerprint density at radius 1 is 1.12 bits per heavy atom. The Kier molecular flexibility index (Phi) is 8.83. The second kappa shape index (κ2) is 11.6. The van der Waals surface area contributed by atoms with E-state index >= 15 is 0 Å². The summed E-state index contributed by atoms with van der Waals surface area (Å²) in [6, 6.07) is 13.3. The topological polar surface area (TPSA) is 112 Å². The first-order valence-electron chi connectivity index (χ1n) is 10.6. The smallest absolute Gasteiger partial charge is 0.305 e. The van der Waals surface area contributed by atoms with Gasteiger partial charge >= 0.3 is 4.87 Å². The maximum Gasteiger partial charge on any atom is 0.305 e. The van der Waals surface area contributed by atoms with Crippen LogP contribution in [-0.2, 0) is 27.6 Å². The molecule has 0 aliphatic carbocycles. The number of aromatic hydroxyl groups is 1. The molecule has 0 atom stereocenters. The fourth-order valence-corrected chi connectivity index (χ4v) is 5.63. The van der Waals surface area contributed by atoms with Crippen LogP contribution in [0.1, 0.15) is 24.5 Å². The molecule has 1 aromatic heterocycles. The third kappa shape index (κ3) is 6.63. The van der Waals surface area contributed by atoms with Gasteiger partial charge in [-0.05, 0) is 36.5 Å². The molecule has 0 aliphatic rings. The van der Waals surface area contributed by atoms with Crippen molar-refractivity contribution in [1.29, 1.82) is 0 Å². The molecule has 3 aromatic rings. The lowest BCUT2D eigenvalue weighted by atomic mass is 10.1. The highest BCUT2D eigenvalue weighted by molar-refractivity contribution is 7.89. The first-order chi connectivity index (χ1) is 15.4. The number of phenolic OH excluding ortho intramolecular Hbond substituents is 1. The number of hydrogen-bond donors (Lipinski definition) is 3. The molecule has 1 heterocycles. The molecule has 0 unspecified atom stereocenters. The lowest BCUT2D eigenvalue weighted by Crippen LogP contribution is -2.46. The van der Waals surface area contributed by atoms with Crippen LogP contribution in [0.5, 0.6) is 5.75 Å². The molecule has 174 valence electrons. The summed E-state index contributed by atoms with van der Waals surface area (Å²) in [5, 5.41) is 9.92. The second-order valence-corrected chi connectivity index (χ2v) is 10.4. The van der Waals surface area contributed by atoms with E-state index in [9.17, 15) is 18.3 Å². The van der Waals surface area contributed by atoms with Gasteiger partial charge in [0, 0.05) is 6.54 Å². The van der Waals surface area contributed by atoms with Crippen LogP contribution >= 0.6 is 11.3 Å². The van der Waals surface area contributed by atoms with E-state index in [4.69, 9.17) is 4.74 Å². The molecule has 0 amide bonds. The monoisotopic (exact) mass is 479 g/mol. The largest absolute Gasteiger partial charge is 0.506 e. The van der Waals surface area contributed by atoms with Crippen LogP contribution in [0.3, 0.4) is 0 Å². The van der Waals surface area contributed by atoms with Gasteiger partial charge in [-0.2, -0.15) is 0 Å². The van der Waals surface area contributed by atoms with Crippen molar-refractivity contribution in [2.45, 2.75) is 26.2 Å². The van der Waals surface area contributed by atoms with E-state index < -0.39 is 10.0 Å². The van der Waals surface area contributed by atoms with Crippen LogP contribution in [-0.4, -0.2) is 55.0 Å². The highest BCUT2D eigenvalue weighted by Crippen LogP contribution is 2.27. The van der Waals surface area contributed by atoms with E-state index in [2.05, 4.69) is 10.4 Å². The van der Waals surface area contributed by atoms with Gasteiger partial charge < -0.3 is 14.8 Å². The zero-order valence-corrected chi connectivity index (χ0v) is 19.7. The first-order valence-corrected chi connectivity index (χ1v) is 13.0. The highest BCUT2D eigenvalue weighted by atomic mass is 32.2. The predicted molar refractivity (Wildman–Crippen MR) is 128 cm³/mol. The third-order valence-electron chi connectivity index (χ3n) is 4.94. The number of hydrogen-bond acceptors (Lipinski definition) is 7. The van der Waals surface area contributed by atoms with Gasteiger partial charge in [0.2, 0.25) is 10.0 Å². The molecule has 3 rings (SSSR count). The van der Waals surface area contributed by atoms with Crippen LogP contribution in [0.15, 0.2) is 47.3 Å². The first kappa shape index (κ1) is 24.4. The molecule has 0 saturated heterocycles. The Morgan fingerprint density at radius 2 is 1.91 bits per heavy atom. The maximum absolute atomic E-state index is 12.6. The average Bonchev–Trinajstić information content (AvgIpc) is 3.17. The predicted octanol–water partition coefficient (Wildman–Crippen LogP) is 2.64. The summed E-state index contributed by atoms with van der Waals surface area (Å²) < 4.78 is 32.9. The quantitative estimate of drug-likeness (QED) is 0.257. The van der Waals surface area contributed by atoms with Gasteiger partial charge in [-0.1, -0.05) is 54.7 Å². The van der Waals surface area contributed by atoms with E-state index in [0.717, 1.165) is 23.3 Å². The average molecular weight is 480 g/mol. The Morgan fingerprint density at radius 3 is 2.66 bits per heavy atom. The number of fused-ring (bicyclic) bond motifs is 1. The van der Waals surface area contributed by atoms with Gasteiger partial charge in [-0.25, -0.2) is 13.8 Å². The molecular weight excluding hydrogens is 450 g/mol. The summed E-state index contributed by atoms with van der Waals surface area (Å²) in [6.45, 7) is 3.20. The van der Waals surface area contributed by atoms with Crippen molar-refractivity contribution in [3.63, 3.8) is 0 Å². The second-order valence-electron chi connectivity index (χ2n) is 7.36. The Hall–Kier alpha value is -2.24. The number of thiazole rings is 1. The normalized spacial score (nSPS) is 12.1. The van der Waals surface area contributed by atoms with Crippen LogP contribution < -0.4 is 10.3 Å². The van der Waals surface area contributed by atoms with E-state index in [0.29, 0.717) is 36.2 Å². The molecule has 8 nitrogen and oxygen atoms in total. The SMILES string of the molecule is CCCS(=O)(=O)N(CCOCCc1ccccc1)NCCc1ccc(O)c2[nH]c(=O)sc12. The summed E-state index contributed by atoms with van der Waals surface area (Å²) in [6.07, 6.45) is 1.79. The molecule has 0 radical (unpaired) electrons. The number of hydrazine groups is 1. The number of nitrogens with zero attached hydrogens (tertiary/aromatic N) is 1. The molecular formula is C22H29N3O5S2. The van der Waals surface area contributed by atoms with Gasteiger partial charge in [-0.3, -0.25) is 4.79 Å². The number of ether oxygens (including phenoxy) is 1. The van der Waals surface area contributed by atoms with E-state index in [1.54, 1.807) is 6.07 Å². The number of benzene rings is 2. The fraction of sp³-hybridized carbons (Fsp3) is 0.409. The summed E-state index contributed by atoms with van der Waals surface area (Å²) >= 11 is 1.03. The minimum absolute atomic E-state index is 0.0230. The number of nitrogens with one attached hydrogen (secondary N) is 2. The number of H-pyrrole nitrogens is 1. The van der Waals surface area contributed by atoms with Crippen LogP contribution in [0.4, 0.5) is 0 Å². The van der Waals surface area contributed by atoms with Crippen LogP contribution in [0.25, 0.3) is 10.2 Å². The van der Waals surface area contributed by atoms with Gasteiger partial charge in [-0.15, -0.1) is 4.41 Å². The summed E-state index contributed by atoms with van der Waals surface area (Å²) in [5.74, 6) is 0.0715. The van der Waals surface area contributed by atoms with Crippen LogP contribution in [0, 0.1) is 0 Å². The number of rotatable bonds is 13. The molecule has 0 fully saturated rings. The number of sulfonamides is 1. The minimum Gasteiger partial charge on any atom is -0.506 e. The summed E-state index contributed by atoms with van der Waals surface area (Å²) in [5.41, 5.74) is 5.46. The standard InChI is InChI=1S/C22H29N3O5S2/c1-2-16-32(28,29)25(13-15-30-14-11-17-6-4-3-5-7-17)23-12-10-18-8-9-19(26)20-21(18)31-22(27)24-20/h3-9,23,26H,2,10-16H2,1H3,(H,24,27). The zero-order valence-electron chi connectivity index (χ0n) is 18.0. The van der Waals surface area contributed by atoms with Crippen molar-refractivity contribution in [2.24, 2.45) is 0 Å². The molecule has 0 saturated carbocycles. The highest BCUT2D eigenvalue weighted by Gasteiger charge is 2.21. The molecule has 0 spiro atoms. The van der Waals surface area contributed by atoms with Crippen molar-refractivity contribution in [3.8, 4) is 5.75 Å². The number of aromatic amines is 1. The zero-order chi connectivity index (χ0) is 23.0.